The Kier molecular flexibility index (Phi) is 4.53. The Bertz CT molecular complexity index is 538. The van der Waals surface area contributed by atoms with Crippen LogP contribution in [0.5, 0.6) is 0 Å². The maximum atomic E-state index is 12.1. The number of fused-ring (bicyclic) bond motifs is 1. The van der Waals surface area contributed by atoms with Crippen molar-refractivity contribution in [3.05, 3.63) is 11.1 Å². The fourth-order valence-electron chi connectivity index (χ4n) is 2.18. The molecule has 2 heterocycles. The van der Waals surface area contributed by atoms with Crippen molar-refractivity contribution in [1.82, 2.24) is 4.90 Å². The predicted octanol–water partition coefficient (Wildman–Crippen LogP) is 1.40. The van der Waals surface area contributed by atoms with E-state index in [1.54, 1.807) is 27.7 Å². The molecule has 8 heteroatoms. The van der Waals surface area contributed by atoms with Crippen LogP contribution in [0.2, 0.25) is 0 Å². The van der Waals surface area contributed by atoms with Gasteiger partial charge in [0.2, 0.25) is 5.91 Å². The largest absolute Gasteiger partial charge is 0.477 e. The summed E-state index contributed by atoms with van der Waals surface area (Å²) in [6.45, 7) is 6.70. The van der Waals surface area contributed by atoms with E-state index in [0.717, 1.165) is 0 Å². The second-order valence-electron chi connectivity index (χ2n) is 6.24. The van der Waals surface area contributed by atoms with E-state index in [4.69, 9.17) is 14.6 Å². The third-order valence-electron chi connectivity index (χ3n) is 3.52. The average Bonchev–Trinajstić information content (AvgIpc) is 2.77. The summed E-state index contributed by atoms with van der Waals surface area (Å²) in [4.78, 5) is 35.9. The van der Waals surface area contributed by atoms with Gasteiger partial charge < -0.3 is 14.6 Å². The van der Waals surface area contributed by atoms with E-state index in [1.165, 1.54) is 22.1 Å². The van der Waals surface area contributed by atoms with E-state index in [0.29, 0.717) is 0 Å². The molecule has 0 radical (unpaired) electrons. The zero-order valence-corrected chi connectivity index (χ0v) is 13.7. The van der Waals surface area contributed by atoms with Gasteiger partial charge in [-0.05, 0) is 27.7 Å². The average molecular weight is 329 g/mol. The molecule has 1 fully saturated rings. The number of ether oxygens (including phenoxy) is 2. The van der Waals surface area contributed by atoms with Crippen molar-refractivity contribution in [3.8, 4) is 0 Å². The number of nitrogens with zero attached hydrogens (tertiary/aromatic N) is 1. The van der Waals surface area contributed by atoms with Crippen molar-refractivity contribution in [2.45, 2.75) is 39.2 Å². The van der Waals surface area contributed by atoms with Crippen LogP contribution in [0.15, 0.2) is 11.1 Å². The SMILES string of the molecule is C[C@@H](OCOC(=O)C(C)(C)C)[C@H]1C(=O)N2C(C(=O)O)=CSC12. The molecular weight excluding hydrogens is 310 g/mol. The number of hydrogen-bond acceptors (Lipinski definition) is 6. The van der Waals surface area contributed by atoms with Crippen LogP contribution in [0.4, 0.5) is 0 Å². The molecule has 2 aliphatic heterocycles. The van der Waals surface area contributed by atoms with E-state index in [-0.39, 0.29) is 29.7 Å². The zero-order valence-electron chi connectivity index (χ0n) is 12.9. The second kappa shape index (κ2) is 5.92. The van der Waals surface area contributed by atoms with Crippen LogP contribution in [0.3, 0.4) is 0 Å². The maximum absolute atomic E-state index is 12.1. The highest BCUT2D eigenvalue weighted by atomic mass is 32.2. The lowest BCUT2D eigenvalue weighted by atomic mass is 9.92. The lowest BCUT2D eigenvalue weighted by Gasteiger charge is -2.44. The summed E-state index contributed by atoms with van der Waals surface area (Å²) in [5.74, 6) is -2.22. The van der Waals surface area contributed by atoms with Crippen molar-refractivity contribution in [2.24, 2.45) is 11.3 Å². The van der Waals surface area contributed by atoms with Crippen molar-refractivity contribution in [2.75, 3.05) is 6.79 Å². The number of aliphatic carboxylic acids is 1. The first-order chi connectivity index (χ1) is 10.1. The molecule has 0 saturated carbocycles. The smallest absolute Gasteiger partial charge is 0.353 e. The molecule has 0 spiro atoms. The van der Waals surface area contributed by atoms with Crippen LogP contribution in [-0.4, -0.2) is 46.1 Å². The number of hydrogen-bond donors (Lipinski definition) is 1. The van der Waals surface area contributed by atoms with Crippen LogP contribution in [0.25, 0.3) is 0 Å². The first kappa shape index (κ1) is 16.8. The molecule has 3 atom stereocenters. The number of carbonyl (C=O) groups is 3. The molecule has 1 N–H and O–H groups in total. The zero-order chi connectivity index (χ0) is 16.7. The van der Waals surface area contributed by atoms with Crippen molar-refractivity contribution < 1.29 is 29.0 Å². The van der Waals surface area contributed by atoms with E-state index in [9.17, 15) is 14.4 Å². The molecule has 0 aromatic rings. The van der Waals surface area contributed by atoms with Gasteiger partial charge in [0, 0.05) is 5.41 Å². The van der Waals surface area contributed by atoms with Crippen LogP contribution < -0.4 is 0 Å². The summed E-state index contributed by atoms with van der Waals surface area (Å²) in [7, 11) is 0. The molecule has 7 nitrogen and oxygen atoms in total. The van der Waals surface area contributed by atoms with E-state index in [1.807, 2.05) is 0 Å². The van der Waals surface area contributed by atoms with Crippen LogP contribution >= 0.6 is 11.8 Å². The molecule has 2 rings (SSSR count). The van der Waals surface area contributed by atoms with Gasteiger partial charge in [-0.2, -0.15) is 0 Å². The Labute approximate surface area is 132 Å². The van der Waals surface area contributed by atoms with Crippen molar-refractivity contribution >= 4 is 29.6 Å². The number of carbonyl (C=O) groups excluding carboxylic acids is 2. The minimum absolute atomic E-state index is 0.00242. The fourth-order valence-corrected chi connectivity index (χ4v) is 3.51. The molecule has 0 aliphatic carbocycles. The molecule has 1 saturated heterocycles. The van der Waals surface area contributed by atoms with Crippen LogP contribution in [-0.2, 0) is 23.9 Å². The van der Waals surface area contributed by atoms with Crippen molar-refractivity contribution in [1.29, 1.82) is 0 Å². The molecular formula is C14H19NO6S. The van der Waals surface area contributed by atoms with Gasteiger partial charge in [0.15, 0.2) is 6.79 Å². The number of carboxylic acids is 1. The van der Waals surface area contributed by atoms with Gasteiger partial charge in [-0.1, -0.05) is 0 Å². The Hall–Kier alpha value is -1.54. The summed E-state index contributed by atoms with van der Waals surface area (Å²) in [5, 5.41) is 10.2. The normalized spacial score (nSPS) is 25.2. The Morgan fingerprint density at radius 1 is 1.45 bits per heavy atom. The number of esters is 1. The predicted molar refractivity (Wildman–Crippen MR) is 78.4 cm³/mol. The van der Waals surface area contributed by atoms with Gasteiger partial charge in [0.05, 0.1) is 17.4 Å². The monoisotopic (exact) mass is 329 g/mol. The highest BCUT2D eigenvalue weighted by Crippen LogP contribution is 2.46. The lowest BCUT2D eigenvalue weighted by Crippen LogP contribution is -2.61. The van der Waals surface area contributed by atoms with Crippen molar-refractivity contribution in [3.63, 3.8) is 0 Å². The summed E-state index contributed by atoms with van der Waals surface area (Å²) in [6.07, 6.45) is -0.462. The minimum Gasteiger partial charge on any atom is -0.477 e. The molecule has 122 valence electrons. The number of amides is 1. The fraction of sp³-hybridized carbons (Fsp3) is 0.643. The number of carboxylic acid groups (broad SMARTS) is 1. The third kappa shape index (κ3) is 2.98. The Morgan fingerprint density at radius 3 is 2.64 bits per heavy atom. The molecule has 22 heavy (non-hydrogen) atoms. The highest BCUT2D eigenvalue weighted by Gasteiger charge is 2.55. The maximum Gasteiger partial charge on any atom is 0.353 e. The van der Waals surface area contributed by atoms with Gasteiger partial charge in [0.25, 0.3) is 0 Å². The van der Waals surface area contributed by atoms with Gasteiger partial charge in [-0.15, -0.1) is 11.8 Å². The highest BCUT2D eigenvalue weighted by molar-refractivity contribution is 8.03. The number of β-lactam (4-membered cyclic amide) rings is 1. The van der Waals surface area contributed by atoms with Gasteiger partial charge in [-0.3, -0.25) is 14.5 Å². The van der Waals surface area contributed by atoms with Crippen LogP contribution in [0, 0.1) is 11.3 Å². The van der Waals surface area contributed by atoms with Gasteiger partial charge >= 0.3 is 11.9 Å². The summed E-state index contributed by atoms with van der Waals surface area (Å²) < 4.78 is 10.4. The van der Waals surface area contributed by atoms with E-state index >= 15 is 0 Å². The number of thioether (sulfide) groups is 1. The van der Waals surface area contributed by atoms with E-state index in [2.05, 4.69) is 0 Å². The second-order valence-corrected chi connectivity index (χ2v) is 7.23. The third-order valence-corrected chi connectivity index (χ3v) is 4.66. The lowest BCUT2D eigenvalue weighted by molar-refractivity contribution is -0.179. The van der Waals surface area contributed by atoms with E-state index < -0.39 is 23.4 Å². The topological polar surface area (TPSA) is 93.1 Å². The van der Waals surface area contributed by atoms with Gasteiger partial charge in [0.1, 0.15) is 11.1 Å². The summed E-state index contributed by atoms with van der Waals surface area (Å²) in [5.41, 5.74) is -0.611. The molecule has 2 aliphatic rings. The summed E-state index contributed by atoms with van der Waals surface area (Å²) in [6, 6.07) is 0. The molecule has 1 unspecified atom stereocenters. The first-order valence-electron chi connectivity index (χ1n) is 6.85. The Morgan fingerprint density at radius 2 is 2.09 bits per heavy atom. The quantitative estimate of drug-likeness (QED) is 0.463. The first-order valence-corrected chi connectivity index (χ1v) is 7.79. The Balaban J connectivity index is 1.84. The molecule has 0 aromatic carbocycles. The molecule has 1 amide bonds. The molecule has 0 bridgehead atoms. The minimum atomic E-state index is -1.12. The van der Waals surface area contributed by atoms with Crippen LogP contribution in [0.1, 0.15) is 27.7 Å². The standard InChI is InChI=1S/C14H19NO6S/c1-7(20-6-21-13(19)14(2,3)4)9-10(16)15-8(12(17)18)5-22-11(9)15/h5,7,9,11H,6H2,1-4H3,(H,17,18)/t7-,9+,11?/m1/s1. The summed E-state index contributed by atoms with van der Waals surface area (Å²) >= 11 is 1.29. The number of rotatable bonds is 5. The molecule has 0 aromatic heterocycles. The van der Waals surface area contributed by atoms with Gasteiger partial charge in [-0.25, -0.2) is 4.79 Å².